The molecule has 0 spiro atoms. The lowest BCUT2D eigenvalue weighted by Crippen LogP contribution is -2.35. The maximum absolute atomic E-state index is 11.5. The summed E-state index contributed by atoms with van der Waals surface area (Å²) >= 11 is 6.00. The predicted molar refractivity (Wildman–Crippen MR) is 80.7 cm³/mol. The molecule has 112 valence electrons. The van der Waals surface area contributed by atoms with Crippen LogP contribution in [-0.4, -0.2) is 34.4 Å². The van der Waals surface area contributed by atoms with Gasteiger partial charge >= 0.3 is 0 Å². The summed E-state index contributed by atoms with van der Waals surface area (Å²) in [5.74, 6) is 1.36. The van der Waals surface area contributed by atoms with Gasteiger partial charge in [0.2, 0.25) is 0 Å². The van der Waals surface area contributed by atoms with Crippen LogP contribution in [0.15, 0.2) is 23.7 Å². The summed E-state index contributed by atoms with van der Waals surface area (Å²) in [5.41, 5.74) is 1.26. The lowest BCUT2D eigenvalue weighted by atomic mass is 10.00. The zero-order chi connectivity index (χ0) is 15.1. The summed E-state index contributed by atoms with van der Waals surface area (Å²) in [6.07, 6.45) is 0.815. The SMILES string of the molecule is Cc1ccc(Cl)nc1N1CCN2CCC(C)C([N+](=O)[O-])=C21. The average Bonchev–Trinajstić information content (AvgIpc) is 2.84. The molecule has 1 saturated heterocycles. The van der Waals surface area contributed by atoms with Crippen LogP contribution in [0.1, 0.15) is 18.9 Å². The molecule has 0 aliphatic carbocycles. The molecule has 1 aromatic rings. The number of anilines is 1. The summed E-state index contributed by atoms with van der Waals surface area (Å²) in [4.78, 5) is 19.6. The van der Waals surface area contributed by atoms with Crippen LogP contribution >= 0.6 is 11.6 Å². The lowest BCUT2D eigenvalue weighted by Gasteiger charge is -2.30. The Morgan fingerprint density at radius 3 is 2.86 bits per heavy atom. The van der Waals surface area contributed by atoms with Gasteiger partial charge in [0, 0.05) is 19.6 Å². The minimum Gasteiger partial charge on any atom is -0.351 e. The van der Waals surface area contributed by atoms with Gasteiger partial charge in [-0.2, -0.15) is 0 Å². The summed E-state index contributed by atoms with van der Waals surface area (Å²) in [6, 6.07) is 3.63. The van der Waals surface area contributed by atoms with Crippen molar-refractivity contribution in [2.75, 3.05) is 24.5 Å². The second kappa shape index (κ2) is 5.18. The third kappa shape index (κ3) is 2.33. The molecule has 1 atom stereocenters. The Morgan fingerprint density at radius 2 is 2.14 bits per heavy atom. The normalized spacial score (nSPS) is 21.8. The molecule has 7 heteroatoms. The van der Waals surface area contributed by atoms with Crippen molar-refractivity contribution in [3.63, 3.8) is 0 Å². The standard InChI is InChI=1S/C14H17ClN4O2/c1-9-5-6-17-7-8-18(14(17)12(9)19(20)21)13-10(2)3-4-11(15)16-13/h3-4,9H,5-8H2,1-2H3. The molecule has 0 N–H and O–H groups in total. The number of fused-ring (bicyclic) bond motifs is 1. The van der Waals surface area contributed by atoms with E-state index in [-0.39, 0.29) is 10.8 Å². The number of aromatic nitrogens is 1. The number of nitrogens with zero attached hydrogens (tertiary/aromatic N) is 4. The number of hydrogen-bond donors (Lipinski definition) is 0. The maximum Gasteiger partial charge on any atom is 0.289 e. The van der Waals surface area contributed by atoms with Gasteiger partial charge in [0.25, 0.3) is 5.70 Å². The van der Waals surface area contributed by atoms with Crippen LogP contribution in [0.4, 0.5) is 5.82 Å². The van der Waals surface area contributed by atoms with Gasteiger partial charge in [0.1, 0.15) is 11.0 Å². The van der Waals surface area contributed by atoms with Crippen LogP contribution in [0.25, 0.3) is 0 Å². The Kier molecular flexibility index (Phi) is 3.49. The Morgan fingerprint density at radius 1 is 1.38 bits per heavy atom. The highest BCUT2D eigenvalue weighted by Crippen LogP contribution is 2.36. The molecule has 1 unspecified atom stereocenters. The van der Waals surface area contributed by atoms with Gasteiger partial charge in [-0.1, -0.05) is 24.6 Å². The maximum atomic E-state index is 11.5. The average molecular weight is 309 g/mol. The van der Waals surface area contributed by atoms with Gasteiger partial charge < -0.3 is 9.80 Å². The van der Waals surface area contributed by atoms with E-state index in [0.717, 1.165) is 25.1 Å². The molecule has 2 aliphatic rings. The first kappa shape index (κ1) is 14.1. The van der Waals surface area contributed by atoms with Gasteiger partial charge in [-0.3, -0.25) is 10.1 Å². The first-order chi connectivity index (χ1) is 9.99. The van der Waals surface area contributed by atoms with E-state index in [1.807, 2.05) is 24.8 Å². The minimum absolute atomic E-state index is 0.0497. The lowest BCUT2D eigenvalue weighted by molar-refractivity contribution is -0.437. The molecule has 1 aromatic heterocycles. The summed E-state index contributed by atoms with van der Waals surface area (Å²) in [6.45, 7) is 6.20. The molecule has 0 aromatic carbocycles. The van der Waals surface area contributed by atoms with E-state index >= 15 is 0 Å². The molecule has 0 saturated carbocycles. The van der Waals surface area contributed by atoms with Gasteiger partial charge in [-0.15, -0.1) is 0 Å². The van der Waals surface area contributed by atoms with E-state index in [1.54, 1.807) is 6.07 Å². The third-order valence-electron chi connectivity index (χ3n) is 4.17. The second-order valence-electron chi connectivity index (χ2n) is 5.57. The van der Waals surface area contributed by atoms with Gasteiger partial charge in [-0.25, -0.2) is 4.98 Å². The van der Waals surface area contributed by atoms with Crippen LogP contribution < -0.4 is 4.90 Å². The third-order valence-corrected chi connectivity index (χ3v) is 4.38. The Bertz CT molecular complexity index is 631. The first-order valence-electron chi connectivity index (χ1n) is 7.03. The topological polar surface area (TPSA) is 62.5 Å². The molecule has 2 aliphatic heterocycles. The smallest absolute Gasteiger partial charge is 0.289 e. The van der Waals surface area contributed by atoms with Crippen LogP contribution in [-0.2, 0) is 0 Å². The quantitative estimate of drug-likeness (QED) is 0.477. The number of hydrogen-bond acceptors (Lipinski definition) is 5. The highest BCUT2D eigenvalue weighted by molar-refractivity contribution is 6.29. The zero-order valence-electron chi connectivity index (χ0n) is 12.0. The number of pyridine rings is 1. The molecule has 6 nitrogen and oxygen atoms in total. The van der Waals surface area contributed by atoms with E-state index < -0.39 is 0 Å². The summed E-state index contributed by atoms with van der Waals surface area (Å²) in [5, 5.41) is 11.9. The molecular formula is C14H17ClN4O2. The number of nitro groups is 1. The molecule has 0 bridgehead atoms. The number of rotatable bonds is 2. The zero-order valence-corrected chi connectivity index (χ0v) is 12.8. The highest BCUT2D eigenvalue weighted by Gasteiger charge is 2.41. The van der Waals surface area contributed by atoms with Crippen molar-refractivity contribution in [2.45, 2.75) is 20.3 Å². The van der Waals surface area contributed by atoms with Crippen molar-refractivity contribution < 1.29 is 4.92 Å². The largest absolute Gasteiger partial charge is 0.351 e. The number of aryl methyl sites for hydroxylation is 1. The molecule has 1 fully saturated rings. The van der Waals surface area contributed by atoms with Crippen molar-refractivity contribution in [3.05, 3.63) is 44.5 Å². The molecular weight excluding hydrogens is 292 g/mol. The molecule has 0 radical (unpaired) electrons. The van der Waals surface area contributed by atoms with Crippen molar-refractivity contribution in [1.29, 1.82) is 0 Å². The van der Waals surface area contributed by atoms with Gasteiger partial charge in [0.15, 0.2) is 5.82 Å². The molecule has 3 heterocycles. The van der Waals surface area contributed by atoms with Crippen LogP contribution in [0.5, 0.6) is 0 Å². The van der Waals surface area contributed by atoms with Crippen molar-refractivity contribution in [1.82, 2.24) is 9.88 Å². The fourth-order valence-corrected chi connectivity index (χ4v) is 3.21. The van der Waals surface area contributed by atoms with E-state index in [9.17, 15) is 10.1 Å². The van der Waals surface area contributed by atoms with Crippen LogP contribution in [0, 0.1) is 23.0 Å². The van der Waals surface area contributed by atoms with E-state index in [4.69, 9.17) is 11.6 Å². The molecule has 0 amide bonds. The Hall–Kier alpha value is -1.82. The van der Waals surface area contributed by atoms with Crippen LogP contribution in [0.2, 0.25) is 5.15 Å². The fourth-order valence-electron chi connectivity index (χ4n) is 3.06. The predicted octanol–water partition coefficient (Wildman–Crippen LogP) is 2.65. The molecule has 21 heavy (non-hydrogen) atoms. The van der Waals surface area contributed by atoms with Gasteiger partial charge in [-0.05, 0) is 25.0 Å². The first-order valence-corrected chi connectivity index (χ1v) is 7.41. The van der Waals surface area contributed by atoms with Crippen LogP contribution in [0.3, 0.4) is 0 Å². The fraction of sp³-hybridized carbons (Fsp3) is 0.500. The van der Waals surface area contributed by atoms with Crippen molar-refractivity contribution >= 4 is 17.4 Å². The second-order valence-corrected chi connectivity index (χ2v) is 5.96. The summed E-state index contributed by atoms with van der Waals surface area (Å²) in [7, 11) is 0. The highest BCUT2D eigenvalue weighted by atomic mass is 35.5. The minimum atomic E-state index is -0.246. The molecule has 3 rings (SSSR count). The Labute approximate surface area is 128 Å². The monoisotopic (exact) mass is 308 g/mol. The Balaban J connectivity index is 2.13. The van der Waals surface area contributed by atoms with E-state index in [0.29, 0.717) is 29.0 Å². The summed E-state index contributed by atoms with van der Waals surface area (Å²) < 4.78 is 0. The van der Waals surface area contributed by atoms with Crippen molar-refractivity contribution in [3.8, 4) is 0 Å². The number of allylic oxidation sites excluding steroid dienone is 1. The number of halogens is 1. The van der Waals surface area contributed by atoms with E-state index in [2.05, 4.69) is 9.88 Å². The van der Waals surface area contributed by atoms with Crippen molar-refractivity contribution in [2.24, 2.45) is 5.92 Å². The van der Waals surface area contributed by atoms with Gasteiger partial charge in [0.05, 0.1) is 10.8 Å². The van der Waals surface area contributed by atoms with E-state index in [1.165, 1.54) is 0 Å².